The van der Waals surface area contributed by atoms with E-state index in [1.165, 1.54) is 35.6 Å². The predicted molar refractivity (Wildman–Crippen MR) is 73.8 cm³/mol. The summed E-state index contributed by atoms with van der Waals surface area (Å²) in [6, 6.07) is 8.69. The Morgan fingerprint density at radius 1 is 1.33 bits per heavy atom. The summed E-state index contributed by atoms with van der Waals surface area (Å²) in [5.41, 5.74) is 4.28. The fraction of sp³-hybridized carbons (Fsp3) is 0.400. The molecule has 1 aromatic heterocycles. The van der Waals surface area contributed by atoms with E-state index in [1.54, 1.807) is 0 Å². The lowest BCUT2D eigenvalue weighted by molar-refractivity contribution is 0.262. The first-order chi connectivity index (χ1) is 8.88. The molecule has 1 fully saturated rings. The number of nitrogens with two attached hydrogens (primary N) is 1. The first-order valence-corrected chi connectivity index (χ1v) is 6.67. The minimum absolute atomic E-state index is 0.251. The molecule has 3 heteroatoms. The van der Waals surface area contributed by atoms with Crippen molar-refractivity contribution in [1.82, 2.24) is 10.4 Å². The summed E-state index contributed by atoms with van der Waals surface area (Å²) in [5, 5.41) is 2.44. The van der Waals surface area contributed by atoms with Gasteiger partial charge in [0, 0.05) is 23.8 Å². The molecule has 94 valence electrons. The van der Waals surface area contributed by atoms with Crippen LogP contribution in [0.4, 0.5) is 0 Å². The summed E-state index contributed by atoms with van der Waals surface area (Å²) in [6.45, 7) is 0. The van der Waals surface area contributed by atoms with Gasteiger partial charge in [-0.15, -0.1) is 0 Å². The molecule has 1 aromatic carbocycles. The van der Waals surface area contributed by atoms with Crippen molar-refractivity contribution in [2.75, 3.05) is 0 Å². The van der Waals surface area contributed by atoms with Crippen molar-refractivity contribution in [3.8, 4) is 0 Å². The van der Waals surface area contributed by atoms with Crippen LogP contribution in [0.25, 0.3) is 10.8 Å². The third-order valence-corrected chi connectivity index (χ3v) is 4.08. The Morgan fingerprint density at radius 2 is 2.22 bits per heavy atom. The maximum atomic E-state index is 5.76. The van der Waals surface area contributed by atoms with Crippen molar-refractivity contribution in [3.05, 3.63) is 42.2 Å². The number of nitrogens with one attached hydrogen (secondary N) is 1. The number of rotatable bonds is 4. The lowest BCUT2D eigenvalue weighted by Gasteiger charge is -2.30. The molecule has 1 unspecified atom stereocenters. The van der Waals surface area contributed by atoms with E-state index in [1.807, 2.05) is 12.4 Å². The maximum Gasteiger partial charge on any atom is 0.0468 e. The Kier molecular flexibility index (Phi) is 3.26. The minimum atomic E-state index is 0.251. The van der Waals surface area contributed by atoms with Gasteiger partial charge in [0.25, 0.3) is 0 Å². The molecule has 0 bridgehead atoms. The molecule has 3 rings (SSSR count). The molecule has 3 N–H and O–H groups in total. The molecular formula is C15H19N3. The second kappa shape index (κ2) is 5.04. The predicted octanol–water partition coefficient (Wildman–Crippen LogP) is 2.93. The summed E-state index contributed by atoms with van der Waals surface area (Å²) in [4.78, 5) is 4.18. The fourth-order valence-electron chi connectivity index (χ4n) is 2.80. The van der Waals surface area contributed by atoms with Gasteiger partial charge in [0.05, 0.1) is 0 Å². The summed E-state index contributed by atoms with van der Waals surface area (Å²) in [5.74, 6) is 6.59. The molecule has 0 spiro atoms. The van der Waals surface area contributed by atoms with Crippen LogP contribution in [0.2, 0.25) is 0 Å². The van der Waals surface area contributed by atoms with Gasteiger partial charge in [0.1, 0.15) is 0 Å². The minimum Gasteiger partial charge on any atom is -0.271 e. The van der Waals surface area contributed by atoms with Crippen LogP contribution in [0, 0.1) is 5.92 Å². The molecular weight excluding hydrogens is 222 g/mol. The van der Waals surface area contributed by atoms with Crippen LogP contribution < -0.4 is 11.3 Å². The van der Waals surface area contributed by atoms with Crippen LogP contribution in [0.3, 0.4) is 0 Å². The van der Waals surface area contributed by atoms with E-state index >= 15 is 0 Å². The molecule has 18 heavy (non-hydrogen) atoms. The highest BCUT2D eigenvalue weighted by Gasteiger charge is 2.23. The molecule has 1 aliphatic carbocycles. The quantitative estimate of drug-likeness (QED) is 0.639. The number of fused-ring (bicyclic) bond motifs is 1. The Balaban J connectivity index is 1.95. The summed E-state index contributed by atoms with van der Waals surface area (Å²) < 4.78 is 0. The summed E-state index contributed by atoms with van der Waals surface area (Å²) >= 11 is 0. The largest absolute Gasteiger partial charge is 0.271 e. The van der Waals surface area contributed by atoms with E-state index in [2.05, 4.69) is 34.7 Å². The summed E-state index contributed by atoms with van der Waals surface area (Å²) in [6.07, 6.45) is 8.98. The SMILES string of the molecule is NNC(CC1CCC1)c1cccc2cnccc12. The van der Waals surface area contributed by atoms with E-state index in [0.29, 0.717) is 0 Å². The van der Waals surface area contributed by atoms with Crippen molar-refractivity contribution in [2.24, 2.45) is 11.8 Å². The Bertz CT molecular complexity index is 529. The van der Waals surface area contributed by atoms with E-state index < -0.39 is 0 Å². The number of hydrazine groups is 1. The van der Waals surface area contributed by atoms with Crippen LogP contribution in [-0.4, -0.2) is 4.98 Å². The third kappa shape index (κ3) is 2.11. The molecule has 0 amide bonds. The van der Waals surface area contributed by atoms with Crippen LogP contribution in [-0.2, 0) is 0 Å². The molecule has 1 atom stereocenters. The zero-order valence-electron chi connectivity index (χ0n) is 10.5. The van der Waals surface area contributed by atoms with Crippen LogP contribution in [0.15, 0.2) is 36.7 Å². The first-order valence-electron chi connectivity index (χ1n) is 6.67. The smallest absolute Gasteiger partial charge is 0.0468 e. The van der Waals surface area contributed by atoms with Gasteiger partial charge >= 0.3 is 0 Å². The van der Waals surface area contributed by atoms with Gasteiger partial charge in [0.2, 0.25) is 0 Å². The maximum absolute atomic E-state index is 5.76. The highest BCUT2D eigenvalue weighted by Crippen LogP contribution is 2.36. The molecule has 0 saturated heterocycles. The summed E-state index contributed by atoms with van der Waals surface area (Å²) in [7, 11) is 0. The fourth-order valence-corrected chi connectivity index (χ4v) is 2.80. The van der Waals surface area contributed by atoms with Gasteiger partial charge < -0.3 is 0 Å². The molecule has 0 radical (unpaired) electrons. The van der Waals surface area contributed by atoms with Crippen molar-refractivity contribution in [3.63, 3.8) is 0 Å². The molecule has 1 heterocycles. The van der Waals surface area contributed by atoms with Gasteiger partial charge in [-0.2, -0.15) is 0 Å². The van der Waals surface area contributed by atoms with Gasteiger partial charge in [0.15, 0.2) is 0 Å². The Morgan fingerprint density at radius 3 is 2.94 bits per heavy atom. The lowest BCUT2D eigenvalue weighted by atomic mass is 9.79. The molecule has 3 nitrogen and oxygen atoms in total. The number of hydrogen-bond acceptors (Lipinski definition) is 3. The third-order valence-electron chi connectivity index (χ3n) is 4.08. The number of hydrogen-bond donors (Lipinski definition) is 2. The van der Waals surface area contributed by atoms with Crippen molar-refractivity contribution >= 4 is 10.8 Å². The number of aromatic nitrogens is 1. The number of benzene rings is 1. The Labute approximate surface area is 107 Å². The van der Waals surface area contributed by atoms with Crippen molar-refractivity contribution in [2.45, 2.75) is 31.7 Å². The second-order valence-electron chi connectivity index (χ2n) is 5.20. The van der Waals surface area contributed by atoms with Gasteiger partial charge in [-0.25, -0.2) is 0 Å². The van der Waals surface area contributed by atoms with E-state index in [-0.39, 0.29) is 6.04 Å². The topological polar surface area (TPSA) is 50.9 Å². The standard InChI is InChI=1S/C15H19N3/c16-18-15(9-11-3-1-4-11)14-6-2-5-12-10-17-8-7-13(12)14/h2,5-8,10-11,15,18H,1,3-4,9,16H2. The highest BCUT2D eigenvalue weighted by atomic mass is 15.2. The van der Waals surface area contributed by atoms with E-state index in [4.69, 9.17) is 5.84 Å². The van der Waals surface area contributed by atoms with E-state index in [0.717, 1.165) is 12.3 Å². The first kappa shape index (κ1) is 11.6. The number of nitrogens with zero attached hydrogens (tertiary/aromatic N) is 1. The Hall–Kier alpha value is -1.45. The van der Waals surface area contributed by atoms with E-state index in [9.17, 15) is 0 Å². The zero-order chi connectivity index (χ0) is 12.4. The molecule has 2 aromatic rings. The van der Waals surface area contributed by atoms with Gasteiger partial charge in [-0.3, -0.25) is 16.3 Å². The molecule has 1 saturated carbocycles. The molecule has 1 aliphatic rings. The van der Waals surface area contributed by atoms with Crippen LogP contribution >= 0.6 is 0 Å². The average molecular weight is 241 g/mol. The average Bonchev–Trinajstić information content (AvgIpc) is 2.38. The zero-order valence-corrected chi connectivity index (χ0v) is 10.5. The van der Waals surface area contributed by atoms with Crippen LogP contribution in [0.1, 0.15) is 37.3 Å². The highest BCUT2D eigenvalue weighted by molar-refractivity contribution is 5.85. The normalized spacial score (nSPS) is 17.6. The van der Waals surface area contributed by atoms with Crippen molar-refractivity contribution in [1.29, 1.82) is 0 Å². The van der Waals surface area contributed by atoms with Gasteiger partial charge in [-0.1, -0.05) is 37.5 Å². The molecule has 0 aliphatic heterocycles. The number of pyridine rings is 1. The van der Waals surface area contributed by atoms with Gasteiger partial charge in [-0.05, 0) is 29.4 Å². The van der Waals surface area contributed by atoms with Crippen molar-refractivity contribution < 1.29 is 0 Å². The monoisotopic (exact) mass is 241 g/mol. The lowest BCUT2D eigenvalue weighted by Crippen LogP contribution is -2.31. The second-order valence-corrected chi connectivity index (χ2v) is 5.20. The van der Waals surface area contributed by atoms with Crippen LogP contribution in [0.5, 0.6) is 0 Å².